The predicted molar refractivity (Wildman–Crippen MR) is 77.4 cm³/mol. The van der Waals surface area contributed by atoms with Crippen molar-refractivity contribution in [2.75, 3.05) is 7.05 Å². The van der Waals surface area contributed by atoms with E-state index in [1.165, 1.54) is 19.3 Å². The van der Waals surface area contributed by atoms with E-state index in [0.29, 0.717) is 29.7 Å². The molecule has 0 aromatic rings. The molecular weight excluding hydrogens is 222 g/mol. The topological polar surface area (TPSA) is 20.3 Å². The highest BCUT2D eigenvalue weighted by atomic mass is 16.2. The Kier molecular flexibility index (Phi) is 6.17. The van der Waals surface area contributed by atoms with Crippen LogP contribution < -0.4 is 0 Å². The standard InChI is InChI=1S/C16H31NO/c1-12(2)11-15(13(3)4)17(5)16(18)14-9-7-6-8-10-14/h12-15H,6-11H2,1-5H3. The molecule has 1 aliphatic rings. The summed E-state index contributed by atoms with van der Waals surface area (Å²) in [6.07, 6.45) is 7.12. The third-order valence-electron chi connectivity index (χ3n) is 4.28. The first kappa shape index (κ1) is 15.5. The first-order valence-corrected chi connectivity index (χ1v) is 7.70. The number of rotatable bonds is 5. The Hall–Kier alpha value is -0.530. The van der Waals surface area contributed by atoms with Gasteiger partial charge in [-0.3, -0.25) is 4.79 Å². The molecule has 0 spiro atoms. The quantitative estimate of drug-likeness (QED) is 0.722. The van der Waals surface area contributed by atoms with Crippen molar-refractivity contribution in [1.29, 1.82) is 0 Å². The third-order valence-corrected chi connectivity index (χ3v) is 4.28. The summed E-state index contributed by atoms with van der Waals surface area (Å²) >= 11 is 0. The van der Waals surface area contributed by atoms with E-state index in [4.69, 9.17) is 0 Å². The lowest BCUT2D eigenvalue weighted by Crippen LogP contribution is -2.44. The molecule has 1 saturated carbocycles. The largest absolute Gasteiger partial charge is 0.342 e. The van der Waals surface area contributed by atoms with Gasteiger partial charge < -0.3 is 4.90 Å². The smallest absolute Gasteiger partial charge is 0.225 e. The Morgan fingerprint density at radius 3 is 2.11 bits per heavy atom. The van der Waals surface area contributed by atoms with Crippen LogP contribution in [0.2, 0.25) is 0 Å². The molecule has 0 aliphatic heterocycles. The van der Waals surface area contributed by atoms with Crippen molar-refractivity contribution in [3.8, 4) is 0 Å². The Labute approximate surface area is 113 Å². The van der Waals surface area contributed by atoms with E-state index >= 15 is 0 Å². The minimum atomic E-state index is 0.303. The van der Waals surface area contributed by atoms with Crippen LogP contribution in [0.3, 0.4) is 0 Å². The summed E-state index contributed by atoms with van der Waals surface area (Å²) in [5.41, 5.74) is 0. The van der Waals surface area contributed by atoms with Gasteiger partial charge in [-0.2, -0.15) is 0 Å². The van der Waals surface area contributed by atoms with Gasteiger partial charge in [-0.25, -0.2) is 0 Å². The number of amides is 1. The van der Waals surface area contributed by atoms with Gasteiger partial charge in [0.2, 0.25) is 5.91 Å². The van der Waals surface area contributed by atoms with Crippen molar-refractivity contribution in [3.63, 3.8) is 0 Å². The Morgan fingerprint density at radius 2 is 1.67 bits per heavy atom. The first-order chi connectivity index (χ1) is 8.43. The maximum absolute atomic E-state index is 12.6. The van der Waals surface area contributed by atoms with Gasteiger partial charge in [0.05, 0.1) is 0 Å². The average Bonchev–Trinajstić information content (AvgIpc) is 2.34. The minimum Gasteiger partial charge on any atom is -0.342 e. The van der Waals surface area contributed by atoms with Crippen molar-refractivity contribution < 1.29 is 4.79 Å². The fourth-order valence-corrected chi connectivity index (χ4v) is 3.16. The van der Waals surface area contributed by atoms with Crippen molar-refractivity contribution in [2.24, 2.45) is 17.8 Å². The lowest BCUT2D eigenvalue weighted by Gasteiger charge is -2.36. The molecule has 0 radical (unpaired) electrons. The molecule has 2 nitrogen and oxygen atoms in total. The molecule has 0 saturated heterocycles. The fraction of sp³-hybridized carbons (Fsp3) is 0.938. The molecule has 0 heterocycles. The summed E-state index contributed by atoms with van der Waals surface area (Å²) in [7, 11) is 2.02. The summed E-state index contributed by atoms with van der Waals surface area (Å²) in [6.45, 7) is 8.96. The third kappa shape index (κ3) is 4.29. The van der Waals surface area contributed by atoms with Gasteiger partial charge in [-0.1, -0.05) is 47.0 Å². The van der Waals surface area contributed by atoms with Gasteiger partial charge in [-0.15, -0.1) is 0 Å². The SMILES string of the molecule is CC(C)CC(C(C)C)N(C)C(=O)C1CCCCC1. The molecule has 0 aromatic carbocycles. The van der Waals surface area contributed by atoms with Crippen LogP contribution in [0, 0.1) is 17.8 Å². The molecule has 1 atom stereocenters. The molecule has 0 bridgehead atoms. The Morgan fingerprint density at radius 1 is 1.11 bits per heavy atom. The highest BCUT2D eigenvalue weighted by Crippen LogP contribution is 2.27. The molecule has 1 aliphatic carbocycles. The zero-order valence-corrected chi connectivity index (χ0v) is 12.9. The zero-order valence-electron chi connectivity index (χ0n) is 12.9. The lowest BCUT2D eigenvalue weighted by atomic mass is 9.86. The Bertz CT molecular complexity index is 254. The second-order valence-corrected chi connectivity index (χ2v) is 6.72. The average molecular weight is 253 g/mol. The van der Waals surface area contributed by atoms with Crippen LogP contribution in [-0.2, 0) is 4.79 Å². The fourth-order valence-electron chi connectivity index (χ4n) is 3.16. The van der Waals surface area contributed by atoms with Crippen LogP contribution in [0.4, 0.5) is 0 Å². The van der Waals surface area contributed by atoms with Crippen LogP contribution in [0.1, 0.15) is 66.2 Å². The molecule has 1 unspecified atom stereocenters. The van der Waals surface area contributed by atoms with Gasteiger partial charge in [0.1, 0.15) is 0 Å². The predicted octanol–water partition coefficient (Wildman–Crippen LogP) is 4.10. The van der Waals surface area contributed by atoms with Crippen LogP contribution >= 0.6 is 0 Å². The highest BCUT2D eigenvalue weighted by Gasteiger charge is 2.29. The number of hydrogen-bond acceptors (Lipinski definition) is 1. The highest BCUT2D eigenvalue weighted by molar-refractivity contribution is 5.79. The molecule has 106 valence electrons. The molecule has 1 amide bonds. The monoisotopic (exact) mass is 253 g/mol. The van der Waals surface area contributed by atoms with Gasteiger partial charge >= 0.3 is 0 Å². The molecule has 18 heavy (non-hydrogen) atoms. The molecular formula is C16H31NO. The van der Waals surface area contributed by atoms with Crippen LogP contribution in [-0.4, -0.2) is 23.9 Å². The number of nitrogens with zero attached hydrogens (tertiary/aromatic N) is 1. The van der Waals surface area contributed by atoms with Crippen LogP contribution in [0.25, 0.3) is 0 Å². The maximum Gasteiger partial charge on any atom is 0.225 e. The van der Waals surface area contributed by atoms with Gasteiger partial charge in [-0.05, 0) is 31.1 Å². The molecule has 1 rings (SSSR count). The second kappa shape index (κ2) is 7.16. The van der Waals surface area contributed by atoms with Gasteiger partial charge in [0.25, 0.3) is 0 Å². The van der Waals surface area contributed by atoms with Crippen LogP contribution in [0.15, 0.2) is 0 Å². The van der Waals surface area contributed by atoms with E-state index < -0.39 is 0 Å². The normalized spacial score (nSPS) is 19.3. The summed E-state index contributed by atoms with van der Waals surface area (Å²) in [5.74, 6) is 1.90. The van der Waals surface area contributed by atoms with E-state index in [9.17, 15) is 4.79 Å². The van der Waals surface area contributed by atoms with E-state index in [-0.39, 0.29) is 0 Å². The van der Waals surface area contributed by atoms with Crippen LogP contribution in [0.5, 0.6) is 0 Å². The minimum absolute atomic E-state index is 0.303. The summed E-state index contributed by atoms with van der Waals surface area (Å²) in [5, 5.41) is 0. The molecule has 2 heteroatoms. The van der Waals surface area contributed by atoms with Gasteiger partial charge in [0.15, 0.2) is 0 Å². The van der Waals surface area contributed by atoms with Gasteiger partial charge in [0, 0.05) is 19.0 Å². The number of carbonyl (C=O) groups excluding carboxylic acids is 1. The number of hydrogen-bond donors (Lipinski definition) is 0. The lowest BCUT2D eigenvalue weighted by molar-refractivity contribution is -0.138. The summed E-state index contributed by atoms with van der Waals surface area (Å²) < 4.78 is 0. The zero-order chi connectivity index (χ0) is 13.7. The second-order valence-electron chi connectivity index (χ2n) is 6.72. The van der Waals surface area contributed by atoms with Crippen molar-refractivity contribution in [2.45, 2.75) is 72.3 Å². The molecule has 0 N–H and O–H groups in total. The number of carbonyl (C=O) groups is 1. The molecule has 0 aromatic heterocycles. The van der Waals surface area contributed by atoms with Crippen molar-refractivity contribution >= 4 is 5.91 Å². The van der Waals surface area contributed by atoms with E-state index in [0.717, 1.165) is 19.3 Å². The summed E-state index contributed by atoms with van der Waals surface area (Å²) in [6, 6.07) is 0.402. The van der Waals surface area contributed by atoms with E-state index in [1.54, 1.807) is 0 Å². The first-order valence-electron chi connectivity index (χ1n) is 7.70. The maximum atomic E-state index is 12.6. The molecule has 1 fully saturated rings. The summed E-state index contributed by atoms with van der Waals surface area (Å²) in [4.78, 5) is 14.6. The van der Waals surface area contributed by atoms with Crippen molar-refractivity contribution in [1.82, 2.24) is 4.90 Å². The van der Waals surface area contributed by atoms with Crippen molar-refractivity contribution in [3.05, 3.63) is 0 Å². The van der Waals surface area contributed by atoms with E-state index in [2.05, 4.69) is 32.6 Å². The Balaban J connectivity index is 2.62. The van der Waals surface area contributed by atoms with E-state index in [1.807, 2.05) is 7.05 Å².